The van der Waals surface area contributed by atoms with Crippen molar-refractivity contribution >= 4 is 53.3 Å². The number of para-hydroxylation sites is 2. The monoisotopic (exact) mass is 577 g/mol. The van der Waals surface area contributed by atoms with Crippen molar-refractivity contribution < 1.29 is 0 Å². The van der Waals surface area contributed by atoms with Gasteiger partial charge in [0.25, 0.3) is 0 Å². The van der Waals surface area contributed by atoms with Gasteiger partial charge >= 0.3 is 0 Å². The number of hydrogen-bond acceptors (Lipinski definition) is 1. The van der Waals surface area contributed by atoms with Crippen molar-refractivity contribution in [3.8, 4) is 39.1 Å². The maximum absolute atomic E-state index is 2.44. The fourth-order valence-electron chi connectivity index (χ4n) is 6.69. The van der Waals surface area contributed by atoms with Crippen molar-refractivity contribution in [3.05, 3.63) is 164 Å². The molecule has 206 valence electrons. The molecule has 0 atom stereocenters. The Morgan fingerprint density at radius 2 is 0.841 bits per heavy atom. The Labute approximate surface area is 259 Å². The Balaban J connectivity index is 1.15. The molecule has 0 saturated heterocycles. The highest BCUT2D eigenvalue weighted by atomic mass is 32.1. The molecule has 2 heterocycles. The van der Waals surface area contributed by atoms with E-state index < -0.39 is 0 Å². The molecule has 44 heavy (non-hydrogen) atoms. The summed E-state index contributed by atoms with van der Waals surface area (Å²) < 4.78 is 5.07. The lowest BCUT2D eigenvalue weighted by Crippen LogP contribution is -1.93. The summed E-state index contributed by atoms with van der Waals surface area (Å²) in [5.41, 5.74) is 11.1. The van der Waals surface area contributed by atoms with Crippen molar-refractivity contribution in [1.29, 1.82) is 0 Å². The van der Waals surface area contributed by atoms with Gasteiger partial charge in [0, 0.05) is 26.2 Å². The Bertz CT molecular complexity index is 2430. The first-order chi connectivity index (χ1) is 21.8. The SMILES string of the molecule is c1ccc(-c2ccc(-c3cccc(-c4ccc5sc6c(-n7c8ccccc8c8ccccc87)cccc6c5c4)c3)cc2)cc1. The largest absolute Gasteiger partial charge is 0.308 e. The van der Waals surface area contributed by atoms with Crippen LogP contribution in [0.4, 0.5) is 0 Å². The third-order valence-electron chi connectivity index (χ3n) is 8.82. The third-order valence-corrected chi connectivity index (χ3v) is 10.0. The minimum atomic E-state index is 1.23. The average molecular weight is 578 g/mol. The number of benzene rings is 7. The molecule has 9 rings (SSSR count). The van der Waals surface area contributed by atoms with E-state index in [-0.39, 0.29) is 0 Å². The molecule has 0 aliphatic rings. The molecule has 0 radical (unpaired) electrons. The number of hydrogen-bond donors (Lipinski definition) is 0. The second kappa shape index (κ2) is 10.1. The van der Waals surface area contributed by atoms with E-state index in [4.69, 9.17) is 0 Å². The molecule has 2 aromatic heterocycles. The summed E-state index contributed by atoms with van der Waals surface area (Å²) >= 11 is 1.89. The van der Waals surface area contributed by atoms with E-state index in [0.29, 0.717) is 0 Å². The maximum Gasteiger partial charge on any atom is 0.0640 e. The fraction of sp³-hybridized carbons (Fsp3) is 0. The first-order valence-electron chi connectivity index (χ1n) is 15.0. The van der Waals surface area contributed by atoms with E-state index in [9.17, 15) is 0 Å². The Morgan fingerprint density at radius 1 is 0.341 bits per heavy atom. The van der Waals surface area contributed by atoms with Gasteiger partial charge in [-0.05, 0) is 69.8 Å². The number of aromatic nitrogens is 1. The predicted molar refractivity (Wildman–Crippen MR) is 190 cm³/mol. The van der Waals surface area contributed by atoms with Gasteiger partial charge in [0.15, 0.2) is 0 Å². The lowest BCUT2D eigenvalue weighted by molar-refractivity contribution is 1.20. The molecule has 0 unspecified atom stereocenters. The zero-order chi connectivity index (χ0) is 29.0. The summed E-state index contributed by atoms with van der Waals surface area (Å²) in [5, 5.41) is 5.19. The van der Waals surface area contributed by atoms with Crippen molar-refractivity contribution in [2.75, 3.05) is 0 Å². The summed E-state index contributed by atoms with van der Waals surface area (Å²) in [5.74, 6) is 0. The zero-order valence-corrected chi connectivity index (χ0v) is 24.8. The molecule has 7 aromatic carbocycles. The molecule has 9 aromatic rings. The normalized spacial score (nSPS) is 11.6. The number of nitrogens with zero attached hydrogens (tertiary/aromatic N) is 1. The molecule has 0 aliphatic heterocycles. The zero-order valence-electron chi connectivity index (χ0n) is 23.9. The van der Waals surface area contributed by atoms with Crippen molar-refractivity contribution in [1.82, 2.24) is 4.57 Å². The highest BCUT2D eigenvalue weighted by Crippen LogP contribution is 2.42. The molecule has 0 aliphatic carbocycles. The Morgan fingerprint density at radius 3 is 1.57 bits per heavy atom. The van der Waals surface area contributed by atoms with Crippen LogP contribution in [0, 0.1) is 0 Å². The second-order valence-electron chi connectivity index (χ2n) is 11.4. The van der Waals surface area contributed by atoms with Gasteiger partial charge in [-0.2, -0.15) is 0 Å². The standard InChI is InChI=1S/C42H27NS/c1-2-10-28(11-3-1)29-20-22-30(23-21-29)31-12-8-13-32(26-31)33-24-25-41-37(27-33)36-16-9-19-40(42(36)44-41)43-38-17-6-4-14-34(38)35-15-5-7-18-39(35)43/h1-27H. The van der Waals surface area contributed by atoms with Crippen molar-refractivity contribution in [2.24, 2.45) is 0 Å². The third kappa shape index (κ3) is 4.00. The molecule has 1 nitrogen and oxygen atoms in total. The number of fused-ring (bicyclic) bond motifs is 6. The average Bonchev–Trinajstić information content (AvgIpc) is 3.64. The first kappa shape index (κ1) is 25.1. The van der Waals surface area contributed by atoms with Gasteiger partial charge in [-0.15, -0.1) is 11.3 Å². The van der Waals surface area contributed by atoms with E-state index in [0.717, 1.165) is 0 Å². The van der Waals surface area contributed by atoms with E-state index in [1.54, 1.807) is 0 Å². The summed E-state index contributed by atoms with van der Waals surface area (Å²) in [6.45, 7) is 0. The highest BCUT2D eigenvalue weighted by Gasteiger charge is 2.16. The van der Waals surface area contributed by atoms with Crippen LogP contribution in [0.2, 0.25) is 0 Å². The topological polar surface area (TPSA) is 4.93 Å². The first-order valence-corrected chi connectivity index (χ1v) is 15.8. The molecular weight excluding hydrogens is 551 g/mol. The summed E-state index contributed by atoms with van der Waals surface area (Å²) in [6, 6.07) is 59.6. The molecule has 2 heteroatoms. The van der Waals surface area contributed by atoms with Crippen LogP contribution in [0.1, 0.15) is 0 Å². The van der Waals surface area contributed by atoms with Gasteiger partial charge in [0.2, 0.25) is 0 Å². The predicted octanol–water partition coefficient (Wildman–Crippen LogP) is 12.2. The van der Waals surface area contributed by atoms with E-state index in [1.807, 2.05) is 11.3 Å². The van der Waals surface area contributed by atoms with Crippen LogP contribution in [0.5, 0.6) is 0 Å². The van der Waals surface area contributed by atoms with Gasteiger partial charge in [0.1, 0.15) is 0 Å². The maximum atomic E-state index is 2.44. The summed E-state index contributed by atoms with van der Waals surface area (Å²) in [6.07, 6.45) is 0. The van der Waals surface area contributed by atoms with Crippen LogP contribution >= 0.6 is 11.3 Å². The Kier molecular flexibility index (Phi) is 5.75. The molecule has 0 N–H and O–H groups in total. The van der Waals surface area contributed by atoms with Gasteiger partial charge < -0.3 is 4.57 Å². The summed E-state index contributed by atoms with van der Waals surface area (Å²) in [4.78, 5) is 0. The molecule has 0 amide bonds. The van der Waals surface area contributed by atoms with Crippen LogP contribution < -0.4 is 0 Å². The number of thiophene rings is 1. The molecule has 0 bridgehead atoms. The van der Waals surface area contributed by atoms with E-state index in [1.165, 1.54) is 81.0 Å². The van der Waals surface area contributed by atoms with Crippen LogP contribution in [0.15, 0.2) is 164 Å². The quantitative estimate of drug-likeness (QED) is 0.196. The second-order valence-corrected chi connectivity index (χ2v) is 12.4. The van der Waals surface area contributed by atoms with Gasteiger partial charge in [-0.25, -0.2) is 0 Å². The van der Waals surface area contributed by atoms with Crippen molar-refractivity contribution in [2.45, 2.75) is 0 Å². The lowest BCUT2D eigenvalue weighted by Gasteiger charge is -2.09. The highest BCUT2D eigenvalue weighted by molar-refractivity contribution is 7.26. The molecule has 0 spiro atoms. The Hall–Kier alpha value is -5.44. The smallest absolute Gasteiger partial charge is 0.0640 e. The van der Waals surface area contributed by atoms with Crippen LogP contribution in [0.25, 0.3) is 81.0 Å². The minimum absolute atomic E-state index is 1.23. The lowest BCUT2D eigenvalue weighted by atomic mass is 9.96. The van der Waals surface area contributed by atoms with Gasteiger partial charge in [0.05, 0.1) is 21.4 Å². The molecular formula is C42H27NS. The molecule has 0 fully saturated rings. The minimum Gasteiger partial charge on any atom is -0.308 e. The van der Waals surface area contributed by atoms with Gasteiger partial charge in [-0.1, -0.05) is 127 Å². The molecule has 0 saturated carbocycles. The van der Waals surface area contributed by atoms with E-state index >= 15 is 0 Å². The van der Waals surface area contributed by atoms with Crippen LogP contribution in [-0.4, -0.2) is 4.57 Å². The van der Waals surface area contributed by atoms with Crippen molar-refractivity contribution in [3.63, 3.8) is 0 Å². The number of rotatable bonds is 4. The summed E-state index contributed by atoms with van der Waals surface area (Å²) in [7, 11) is 0. The van der Waals surface area contributed by atoms with E-state index in [2.05, 4.69) is 168 Å². The van der Waals surface area contributed by atoms with Crippen LogP contribution in [0.3, 0.4) is 0 Å². The van der Waals surface area contributed by atoms with Crippen LogP contribution in [-0.2, 0) is 0 Å². The fourth-order valence-corrected chi connectivity index (χ4v) is 7.87. The van der Waals surface area contributed by atoms with Gasteiger partial charge in [-0.3, -0.25) is 0 Å².